The number of nitro benzene ring substituents is 1. The van der Waals surface area contributed by atoms with Gasteiger partial charge in [-0.1, -0.05) is 48.0 Å². The maximum absolute atomic E-state index is 13.1. The number of hydrogen-bond donors (Lipinski definition) is 1. The molecule has 35 heavy (non-hydrogen) atoms. The number of carbonyl (C=O) groups is 1. The fraction of sp³-hybridized carbons (Fsp3) is 0.0833. The molecule has 0 radical (unpaired) electrons. The molecule has 0 aliphatic carbocycles. The summed E-state index contributed by atoms with van der Waals surface area (Å²) in [7, 11) is 0. The third-order valence-corrected chi connectivity index (χ3v) is 5.41. The van der Waals surface area contributed by atoms with Crippen molar-refractivity contribution in [2.75, 3.05) is 0 Å². The number of nitro groups is 1. The van der Waals surface area contributed by atoms with Crippen LogP contribution < -0.4 is 5.32 Å². The average molecular weight is 501 g/mol. The van der Waals surface area contributed by atoms with Gasteiger partial charge in [0.15, 0.2) is 0 Å². The second-order valence-corrected chi connectivity index (χ2v) is 7.87. The second kappa shape index (κ2) is 9.59. The van der Waals surface area contributed by atoms with E-state index >= 15 is 0 Å². The molecule has 0 aliphatic rings. The number of halogens is 4. The number of non-ortho nitro benzene ring substituents is 1. The number of nitrogens with one attached hydrogen (secondary N) is 1. The van der Waals surface area contributed by atoms with Crippen LogP contribution in [0.2, 0.25) is 5.02 Å². The van der Waals surface area contributed by atoms with Crippen molar-refractivity contribution in [1.82, 2.24) is 15.1 Å². The van der Waals surface area contributed by atoms with Gasteiger partial charge in [-0.25, -0.2) is 4.68 Å². The first-order valence-corrected chi connectivity index (χ1v) is 10.6. The molecule has 0 unspecified atom stereocenters. The first-order chi connectivity index (χ1) is 16.6. The van der Waals surface area contributed by atoms with Crippen molar-refractivity contribution in [3.05, 3.63) is 111 Å². The van der Waals surface area contributed by atoms with Crippen molar-refractivity contribution < 1.29 is 22.9 Å². The summed E-state index contributed by atoms with van der Waals surface area (Å²) in [5.74, 6) is -0.639. The van der Waals surface area contributed by atoms with Gasteiger partial charge in [-0.2, -0.15) is 18.3 Å². The van der Waals surface area contributed by atoms with E-state index in [-0.39, 0.29) is 29.2 Å². The molecule has 3 aromatic carbocycles. The molecule has 0 spiro atoms. The lowest BCUT2D eigenvalue weighted by atomic mass is 10.1. The summed E-state index contributed by atoms with van der Waals surface area (Å²) in [6.07, 6.45) is -4.51. The summed E-state index contributed by atoms with van der Waals surface area (Å²) in [6.45, 7) is -0.176. The minimum atomic E-state index is -4.51. The SMILES string of the molecule is O=C(NCc1cccc(C(F)(F)F)c1)c1cc(-c2ccccc2Cl)nn1-c1cccc([N+](=O)[O-])c1. The molecule has 7 nitrogen and oxygen atoms in total. The number of aromatic nitrogens is 2. The van der Waals surface area contributed by atoms with Gasteiger partial charge in [-0.15, -0.1) is 0 Å². The highest BCUT2D eigenvalue weighted by Gasteiger charge is 2.30. The largest absolute Gasteiger partial charge is 0.416 e. The van der Waals surface area contributed by atoms with Gasteiger partial charge in [0.2, 0.25) is 0 Å². The first-order valence-electron chi connectivity index (χ1n) is 10.2. The van der Waals surface area contributed by atoms with Crippen LogP contribution in [0.4, 0.5) is 18.9 Å². The molecule has 1 aromatic heterocycles. The van der Waals surface area contributed by atoms with Crippen LogP contribution in [0.15, 0.2) is 78.9 Å². The summed E-state index contributed by atoms with van der Waals surface area (Å²) >= 11 is 6.27. The number of benzene rings is 3. The Morgan fingerprint density at radius 3 is 2.49 bits per heavy atom. The van der Waals surface area contributed by atoms with Crippen LogP contribution in [0.5, 0.6) is 0 Å². The van der Waals surface area contributed by atoms with Gasteiger partial charge in [0.1, 0.15) is 5.69 Å². The number of carbonyl (C=O) groups excluding carboxylic acids is 1. The van der Waals surface area contributed by atoms with Crippen molar-refractivity contribution in [3.8, 4) is 16.9 Å². The summed E-state index contributed by atoms with van der Waals surface area (Å²) in [5, 5.41) is 18.6. The Morgan fingerprint density at radius 1 is 1.03 bits per heavy atom. The summed E-state index contributed by atoms with van der Waals surface area (Å²) in [5.41, 5.74) is 0.367. The third-order valence-electron chi connectivity index (χ3n) is 5.08. The summed E-state index contributed by atoms with van der Waals surface area (Å²) in [4.78, 5) is 23.7. The first kappa shape index (κ1) is 24.0. The molecule has 1 N–H and O–H groups in total. The smallest absolute Gasteiger partial charge is 0.347 e. The Kier molecular flexibility index (Phi) is 6.57. The molecule has 0 aliphatic heterocycles. The van der Waals surface area contributed by atoms with Gasteiger partial charge < -0.3 is 5.32 Å². The van der Waals surface area contributed by atoms with Gasteiger partial charge >= 0.3 is 6.18 Å². The number of hydrogen-bond acceptors (Lipinski definition) is 4. The van der Waals surface area contributed by atoms with E-state index < -0.39 is 22.6 Å². The van der Waals surface area contributed by atoms with Gasteiger partial charge in [-0.3, -0.25) is 14.9 Å². The molecular weight excluding hydrogens is 485 g/mol. The summed E-state index contributed by atoms with van der Waals surface area (Å²) < 4.78 is 40.2. The molecule has 0 saturated heterocycles. The highest BCUT2D eigenvalue weighted by molar-refractivity contribution is 6.33. The zero-order valence-corrected chi connectivity index (χ0v) is 18.5. The van der Waals surface area contributed by atoms with E-state index in [0.29, 0.717) is 16.3 Å². The van der Waals surface area contributed by atoms with Crippen molar-refractivity contribution in [2.45, 2.75) is 12.7 Å². The van der Waals surface area contributed by atoms with Crippen molar-refractivity contribution in [3.63, 3.8) is 0 Å². The average Bonchev–Trinajstić information content (AvgIpc) is 3.28. The molecule has 1 amide bonds. The van der Waals surface area contributed by atoms with Crippen LogP contribution in [0, 0.1) is 10.1 Å². The van der Waals surface area contributed by atoms with Gasteiger partial charge in [0.05, 0.1) is 26.9 Å². The van der Waals surface area contributed by atoms with E-state index in [2.05, 4.69) is 10.4 Å². The predicted octanol–water partition coefficient (Wildman–Crippen LogP) is 6.05. The minimum absolute atomic E-state index is 0.0207. The molecule has 0 fully saturated rings. The lowest BCUT2D eigenvalue weighted by molar-refractivity contribution is -0.384. The van der Waals surface area contributed by atoms with Gasteiger partial charge in [0, 0.05) is 24.2 Å². The molecule has 0 atom stereocenters. The molecule has 0 bridgehead atoms. The number of alkyl halides is 3. The Bertz CT molecular complexity index is 1420. The van der Waals surface area contributed by atoms with E-state index in [9.17, 15) is 28.1 Å². The van der Waals surface area contributed by atoms with Crippen LogP contribution in [0.3, 0.4) is 0 Å². The highest BCUT2D eigenvalue weighted by Crippen LogP contribution is 2.30. The quantitative estimate of drug-likeness (QED) is 0.258. The fourth-order valence-electron chi connectivity index (χ4n) is 3.41. The third kappa shape index (κ3) is 5.33. The highest BCUT2D eigenvalue weighted by atomic mass is 35.5. The molecule has 4 aromatic rings. The Labute approximate surface area is 201 Å². The normalized spacial score (nSPS) is 11.3. The predicted molar refractivity (Wildman–Crippen MR) is 123 cm³/mol. The molecule has 4 rings (SSSR count). The van der Waals surface area contributed by atoms with E-state index in [1.807, 2.05) is 0 Å². The van der Waals surface area contributed by atoms with Crippen LogP contribution in [0.25, 0.3) is 16.9 Å². The molecule has 11 heteroatoms. The van der Waals surface area contributed by atoms with Crippen molar-refractivity contribution in [2.24, 2.45) is 0 Å². The molecular formula is C24H16ClF3N4O3. The Hall–Kier alpha value is -4.18. The number of rotatable bonds is 6. The van der Waals surface area contributed by atoms with E-state index in [0.717, 1.165) is 12.1 Å². The topological polar surface area (TPSA) is 90.1 Å². The summed E-state index contributed by atoms with van der Waals surface area (Å²) in [6, 6.07) is 18.4. The standard InChI is InChI=1S/C24H16ClF3N4O3/c25-20-10-2-1-9-19(20)21-13-22(31(30-21)17-7-4-8-18(12-17)32(34)35)23(33)29-14-15-5-3-6-16(11-15)24(26,27)28/h1-13H,14H2,(H,29,33). The monoisotopic (exact) mass is 500 g/mol. The van der Waals surface area contributed by atoms with E-state index in [4.69, 9.17) is 11.6 Å². The molecule has 1 heterocycles. The zero-order valence-electron chi connectivity index (χ0n) is 17.8. The number of amides is 1. The lowest BCUT2D eigenvalue weighted by Crippen LogP contribution is -2.25. The zero-order chi connectivity index (χ0) is 25.2. The lowest BCUT2D eigenvalue weighted by Gasteiger charge is -2.10. The van der Waals surface area contributed by atoms with E-state index in [1.165, 1.54) is 41.1 Å². The minimum Gasteiger partial charge on any atom is -0.347 e. The van der Waals surface area contributed by atoms with Crippen LogP contribution in [0.1, 0.15) is 21.6 Å². The second-order valence-electron chi connectivity index (χ2n) is 7.46. The fourth-order valence-corrected chi connectivity index (χ4v) is 3.64. The van der Waals surface area contributed by atoms with Gasteiger partial charge in [0.25, 0.3) is 11.6 Å². The number of nitrogens with zero attached hydrogens (tertiary/aromatic N) is 3. The Morgan fingerprint density at radius 2 is 1.77 bits per heavy atom. The van der Waals surface area contributed by atoms with Crippen molar-refractivity contribution >= 4 is 23.2 Å². The van der Waals surface area contributed by atoms with E-state index in [1.54, 1.807) is 30.3 Å². The van der Waals surface area contributed by atoms with Crippen LogP contribution in [-0.2, 0) is 12.7 Å². The van der Waals surface area contributed by atoms with Crippen molar-refractivity contribution in [1.29, 1.82) is 0 Å². The maximum atomic E-state index is 13.1. The van der Waals surface area contributed by atoms with Crippen LogP contribution in [-0.4, -0.2) is 20.6 Å². The van der Waals surface area contributed by atoms with Crippen LogP contribution >= 0.6 is 11.6 Å². The molecule has 0 saturated carbocycles. The van der Waals surface area contributed by atoms with Gasteiger partial charge in [-0.05, 0) is 35.9 Å². The Balaban J connectivity index is 1.70. The molecule has 178 valence electrons. The maximum Gasteiger partial charge on any atom is 0.416 e.